The van der Waals surface area contributed by atoms with Gasteiger partial charge in [-0.1, -0.05) is 24.3 Å². The van der Waals surface area contributed by atoms with E-state index >= 15 is 0 Å². The van der Waals surface area contributed by atoms with Crippen molar-refractivity contribution in [2.45, 2.75) is 6.18 Å². The number of ether oxygens (including phenoxy) is 1. The fourth-order valence-corrected chi connectivity index (χ4v) is 3.57. The van der Waals surface area contributed by atoms with Crippen molar-refractivity contribution < 1.29 is 22.7 Å². The zero-order chi connectivity index (χ0) is 25.7. The van der Waals surface area contributed by atoms with Gasteiger partial charge in [-0.25, -0.2) is 4.98 Å². The molecule has 2 aromatic carbocycles. The number of amides is 1. The molecule has 1 amide bonds. The largest absolute Gasteiger partial charge is 0.495 e. The minimum Gasteiger partial charge on any atom is -0.495 e. The molecule has 184 valence electrons. The molecular weight excluding hydrogens is 471 g/mol. The summed E-state index contributed by atoms with van der Waals surface area (Å²) in [4.78, 5) is 20.3. The summed E-state index contributed by atoms with van der Waals surface area (Å²) < 4.78 is 46.8. The molecule has 0 unspecified atom stereocenters. The number of aromatic nitrogens is 2. The fourth-order valence-electron chi connectivity index (χ4n) is 3.57. The molecule has 7 nitrogen and oxygen atoms in total. The Morgan fingerprint density at radius 1 is 0.889 bits per heavy atom. The van der Waals surface area contributed by atoms with Crippen LogP contribution in [0.25, 0.3) is 11.1 Å². The molecule has 0 bridgehead atoms. The topological polar surface area (TPSA) is 88.2 Å². The number of para-hydroxylation sites is 1. The second-order valence-electron chi connectivity index (χ2n) is 7.64. The first kappa shape index (κ1) is 24.5. The van der Waals surface area contributed by atoms with E-state index in [9.17, 15) is 18.0 Å². The number of carbonyl (C=O) groups excluding carboxylic acids is 1. The van der Waals surface area contributed by atoms with Crippen LogP contribution in [0.5, 0.6) is 5.75 Å². The van der Waals surface area contributed by atoms with Gasteiger partial charge in [0.1, 0.15) is 11.6 Å². The summed E-state index contributed by atoms with van der Waals surface area (Å²) in [6.07, 6.45) is -0.540. The standard InChI is InChI=1S/C26H22F3N5O2/c1-30-25(35)18-7-3-4-8-20(18)33-22-13-24(32-15-19(22)26(27,28)29)34-21-10-9-16(12-23(21)36-2)17-6-5-11-31-14-17/h3-15H,1-2H3,(H,30,35)(H2,32,33,34). The average molecular weight is 493 g/mol. The minimum absolute atomic E-state index is 0.148. The van der Waals surface area contributed by atoms with E-state index in [0.717, 1.165) is 17.3 Å². The molecule has 2 aromatic heterocycles. The Morgan fingerprint density at radius 2 is 1.69 bits per heavy atom. The lowest BCUT2D eigenvalue weighted by Gasteiger charge is -2.18. The number of benzene rings is 2. The van der Waals surface area contributed by atoms with Gasteiger partial charge in [0.05, 0.1) is 35.3 Å². The summed E-state index contributed by atoms with van der Waals surface area (Å²) in [7, 11) is 2.94. The molecule has 0 spiro atoms. The molecule has 0 aliphatic carbocycles. The van der Waals surface area contributed by atoms with Gasteiger partial charge in [-0.3, -0.25) is 9.78 Å². The Hall–Kier alpha value is -4.60. The lowest BCUT2D eigenvalue weighted by atomic mass is 10.1. The molecule has 4 aromatic rings. The van der Waals surface area contributed by atoms with Crippen LogP contribution in [-0.2, 0) is 6.18 Å². The van der Waals surface area contributed by atoms with Gasteiger partial charge in [-0.05, 0) is 35.9 Å². The molecular formula is C26H22F3N5O2. The number of nitrogens with one attached hydrogen (secondary N) is 3. The van der Waals surface area contributed by atoms with E-state index in [1.165, 1.54) is 32.4 Å². The highest BCUT2D eigenvalue weighted by Crippen LogP contribution is 2.38. The Bertz CT molecular complexity index is 1380. The maximum Gasteiger partial charge on any atom is 0.419 e. The SMILES string of the molecule is CNC(=O)c1ccccc1Nc1cc(Nc2ccc(-c3cccnc3)cc2OC)ncc1C(F)(F)F. The number of methoxy groups -OCH3 is 1. The number of rotatable bonds is 7. The van der Waals surface area contributed by atoms with Gasteiger partial charge in [0.15, 0.2) is 0 Å². The number of pyridine rings is 2. The Kier molecular flexibility index (Phi) is 7.05. The molecule has 0 atom stereocenters. The van der Waals surface area contributed by atoms with E-state index in [4.69, 9.17) is 4.74 Å². The molecule has 0 aliphatic heterocycles. The monoisotopic (exact) mass is 493 g/mol. The summed E-state index contributed by atoms with van der Waals surface area (Å²) in [5.41, 5.74) is 1.44. The molecule has 0 saturated heterocycles. The van der Waals surface area contributed by atoms with Crippen molar-refractivity contribution in [1.29, 1.82) is 0 Å². The number of hydrogen-bond acceptors (Lipinski definition) is 6. The maximum absolute atomic E-state index is 13.8. The van der Waals surface area contributed by atoms with Crippen LogP contribution in [0.3, 0.4) is 0 Å². The van der Waals surface area contributed by atoms with Gasteiger partial charge in [-0.15, -0.1) is 0 Å². The van der Waals surface area contributed by atoms with Crippen LogP contribution in [0.15, 0.2) is 79.3 Å². The number of alkyl halides is 3. The molecule has 4 rings (SSSR count). The van der Waals surface area contributed by atoms with Crippen LogP contribution < -0.4 is 20.7 Å². The zero-order valence-corrected chi connectivity index (χ0v) is 19.4. The lowest BCUT2D eigenvalue weighted by molar-refractivity contribution is -0.137. The molecule has 0 aliphatic rings. The smallest absolute Gasteiger partial charge is 0.419 e. The molecule has 10 heteroatoms. The summed E-state index contributed by atoms with van der Waals surface area (Å²) in [5.74, 6) is 0.186. The van der Waals surface area contributed by atoms with Gasteiger partial charge in [0.25, 0.3) is 5.91 Å². The van der Waals surface area contributed by atoms with E-state index < -0.39 is 17.6 Å². The van der Waals surface area contributed by atoms with Crippen LogP contribution in [0, 0.1) is 0 Å². The van der Waals surface area contributed by atoms with Crippen molar-refractivity contribution in [3.8, 4) is 16.9 Å². The highest BCUT2D eigenvalue weighted by atomic mass is 19.4. The maximum atomic E-state index is 13.8. The second kappa shape index (κ2) is 10.3. The van der Waals surface area contributed by atoms with Crippen molar-refractivity contribution in [1.82, 2.24) is 15.3 Å². The van der Waals surface area contributed by atoms with Crippen molar-refractivity contribution in [2.24, 2.45) is 0 Å². The third-order valence-electron chi connectivity index (χ3n) is 5.34. The molecule has 0 saturated carbocycles. The van der Waals surface area contributed by atoms with Crippen LogP contribution in [-0.4, -0.2) is 30.0 Å². The number of carbonyl (C=O) groups is 1. The third kappa shape index (κ3) is 5.38. The number of anilines is 4. The van der Waals surface area contributed by atoms with E-state index in [1.807, 2.05) is 18.2 Å². The summed E-state index contributed by atoms with van der Waals surface area (Å²) >= 11 is 0. The highest BCUT2D eigenvalue weighted by Gasteiger charge is 2.34. The first-order valence-corrected chi connectivity index (χ1v) is 10.8. The Balaban J connectivity index is 1.69. The summed E-state index contributed by atoms with van der Waals surface area (Å²) in [6, 6.07) is 16.6. The molecule has 36 heavy (non-hydrogen) atoms. The van der Waals surface area contributed by atoms with Crippen LogP contribution in [0.2, 0.25) is 0 Å². The van der Waals surface area contributed by atoms with Crippen molar-refractivity contribution in [2.75, 3.05) is 24.8 Å². The second-order valence-corrected chi connectivity index (χ2v) is 7.64. The Labute approximate surface area is 205 Å². The minimum atomic E-state index is -4.67. The zero-order valence-electron chi connectivity index (χ0n) is 19.4. The van der Waals surface area contributed by atoms with E-state index in [2.05, 4.69) is 25.9 Å². The summed E-state index contributed by atoms with van der Waals surface area (Å²) in [6.45, 7) is 0. The van der Waals surface area contributed by atoms with Gasteiger partial charge in [0, 0.05) is 37.3 Å². The first-order chi connectivity index (χ1) is 17.3. The molecule has 0 radical (unpaired) electrons. The van der Waals surface area contributed by atoms with Gasteiger partial charge in [-0.2, -0.15) is 13.2 Å². The number of hydrogen-bond donors (Lipinski definition) is 3. The third-order valence-corrected chi connectivity index (χ3v) is 5.34. The van der Waals surface area contributed by atoms with Gasteiger partial charge < -0.3 is 20.7 Å². The molecule has 2 heterocycles. The van der Waals surface area contributed by atoms with Crippen molar-refractivity contribution >= 4 is 28.8 Å². The predicted octanol–water partition coefficient (Wildman–Crippen LogP) is 6.02. The van der Waals surface area contributed by atoms with Crippen LogP contribution >= 0.6 is 0 Å². The first-order valence-electron chi connectivity index (χ1n) is 10.8. The van der Waals surface area contributed by atoms with Crippen molar-refractivity contribution in [3.05, 3.63) is 90.4 Å². The average Bonchev–Trinajstić information content (AvgIpc) is 2.88. The fraction of sp³-hybridized carbons (Fsp3) is 0.115. The van der Waals surface area contributed by atoms with Gasteiger partial charge >= 0.3 is 6.18 Å². The predicted molar refractivity (Wildman–Crippen MR) is 132 cm³/mol. The molecule has 0 fully saturated rings. The lowest BCUT2D eigenvalue weighted by Crippen LogP contribution is -2.19. The van der Waals surface area contributed by atoms with E-state index in [1.54, 1.807) is 36.7 Å². The number of halogens is 3. The van der Waals surface area contributed by atoms with Crippen LogP contribution in [0.4, 0.5) is 36.1 Å². The van der Waals surface area contributed by atoms with Crippen molar-refractivity contribution in [3.63, 3.8) is 0 Å². The normalized spacial score (nSPS) is 11.0. The highest BCUT2D eigenvalue weighted by molar-refractivity contribution is 6.00. The van der Waals surface area contributed by atoms with E-state index in [0.29, 0.717) is 11.4 Å². The molecule has 3 N–H and O–H groups in total. The quantitative estimate of drug-likeness (QED) is 0.292. The van der Waals surface area contributed by atoms with Gasteiger partial charge in [0.2, 0.25) is 0 Å². The van der Waals surface area contributed by atoms with Crippen LogP contribution in [0.1, 0.15) is 15.9 Å². The summed E-state index contributed by atoms with van der Waals surface area (Å²) in [5, 5.41) is 8.25. The van der Waals surface area contributed by atoms with E-state index in [-0.39, 0.29) is 22.8 Å². The Morgan fingerprint density at radius 3 is 2.39 bits per heavy atom. The number of nitrogens with zero attached hydrogens (tertiary/aromatic N) is 2.